The van der Waals surface area contributed by atoms with Crippen LogP contribution in [-0.4, -0.2) is 8.76 Å². The lowest BCUT2D eigenvalue weighted by molar-refractivity contribution is 0.405. The predicted octanol–water partition coefficient (Wildman–Crippen LogP) is 3.99. The smallest absolute Gasteiger partial charge is 0.198 e. The highest BCUT2D eigenvalue weighted by Crippen LogP contribution is 2.29. The van der Waals surface area contributed by atoms with Crippen molar-refractivity contribution in [3.05, 3.63) is 53.1 Å². The van der Waals surface area contributed by atoms with Gasteiger partial charge in [-0.1, -0.05) is 11.6 Å². The number of hydrogen-bond acceptors (Lipinski definition) is 2. The second-order valence-corrected chi connectivity index (χ2v) is 4.93. The van der Waals surface area contributed by atoms with Gasteiger partial charge in [0.25, 0.3) is 0 Å². The van der Waals surface area contributed by atoms with Gasteiger partial charge in [0.2, 0.25) is 0 Å². The molecule has 0 amide bonds. The summed E-state index contributed by atoms with van der Waals surface area (Å²) in [6.07, 6.45) is 0. The molecule has 100 valence electrons. The molecule has 0 aromatic heterocycles. The molecule has 7 heteroatoms. The second kappa shape index (κ2) is 5.64. The van der Waals surface area contributed by atoms with Gasteiger partial charge in [0.05, 0.1) is 4.90 Å². The molecule has 1 N–H and O–H groups in total. The molecule has 0 aliphatic rings. The molecule has 19 heavy (non-hydrogen) atoms. The number of ether oxygens (including phenoxy) is 1. The molecule has 0 aliphatic heterocycles. The Morgan fingerprint density at radius 1 is 1.11 bits per heavy atom. The molecule has 3 nitrogen and oxygen atoms in total. The molecule has 2 aromatic carbocycles. The van der Waals surface area contributed by atoms with Gasteiger partial charge < -0.3 is 9.29 Å². The Hall–Kier alpha value is -1.50. The van der Waals surface area contributed by atoms with Crippen LogP contribution in [-0.2, 0) is 11.1 Å². The Labute approximate surface area is 115 Å². The predicted molar refractivity (Wildman–Crippen MR) is 66.9 cm³/mol. The number of rotatable bonds is 3. The highest BCUT2D eigenvalue weighted by Gasteiger charge is 2.15. The molecule has 2 aromatic rings. The Kier molecular flexibility index (Phi) is 4.14. The average Bonchev–Trinajstić information content (AvgIpc) is 2.35. The zero-order chi connectivity index (χ0) is 14.0. The summed E-state index contributed by atoms with van der Waals surface area (Å²) in [7, 11) is 0. The lowest BCUT2D eigenvalue weighted by Crippen LogP contribution is -1.97. The average molecular weight is 305 g/mol. The fourth-order valence-corrected chi connectivity index (χ4v) is 1.89. The lowest BCUT2D eigenvalue weighted by atomic mass is 10.3. The Balaban J connectivity index is 2.35. The van der Waals surface area contributed by atoms with E-state index >= 15 is 0 Å². The van der Waals surface area contributed by atoms with Crippen molar-refractivity contribution in [3.8, 4) is 11.5 Å². The maximum absolute atomic E-state index is 13.6. The molecule has 0 radical (unpaired) electrons. The van der Waals surface area contributed by atoms with Crippen LogP contribution in [0.3, 0.4) is 0 Å². The Morgan fingerprint density at radius 2 is 1.63 bits per heavy atom. The molecule has 2 rings (SSSR count). The van der Waals surface area contributed by atoms with Crippen LogP contribution >= 0.6 is 11.6 Å². The van der Waals surface area contributed by atoms with E-state index in [4.69, 9.17) is 20.9 Å². The van der Waals surface area contributed by atoms with Crippen molar-refractivity contribution < 1.29 is 22.3 Å². The molecule has 1 atom stereocenters. The molecule has 0 spiro atoms. The molecular formula is C12H7ClF2O3S. The van der Waals surface area contributed by atoms with Gasteiger partial charge in [-0.15, -0.1) is 0 Å². The van der Waals surface area contributed by atoms with E-state index in [1.165, 1.54) is 24.3 Å². The summed E-state index contributed by atoms with van der Waals surface area (Å²) < 4.78 is 51.7. The SMILES string of the molecule is O=S(O)c1cc(F)c(Oc2ccc(Cl)cc2)c(F)c1. The van der Waals surface area contributed by atoms with E-state index in [1.54, 1.807) is 0 Å². The summed E-state index contributed by atoms with van der Waals surface area (Å²) in [6, 6.07) is 7.38. The van der Waals surface area contributed by atoms with E-state index in [9.17, 15) is 13.0 Å². The normalized spacial score (nSPS) is 12.2. The minimum atomic E-state index is -2.46. The van der Waals surface area contributed by atoms with Crippen LogP contribution in [0.15, 0.2) is 41.3 Å². The van der Waals surface area contributed by atoms with Gasteiger partial charge in [0, 0.05) is 5.02 Å². The molecule has 0 aliphatic carbocycles. The van der Waals surface area contributed by atoms with Crippen LogP contribution in [0, 0.1) is 11.6 Å². The van der Waals surface area contributed by atoms with E-state index in [1.807, 2.05) is 0 Å². The van der Waals surface area contributed by atoms with Gasteiger partial charge in [-0.2, -0.15) is 0 Å². The topological polar surface area (TPSA) is 46.5 Å². The molecule has 0 fully saturated rings. The molecule has 0 saturated carbocycles. The van der Waals surface area contributed by atoms with Crippen molar-refractivity contribution >= 4 is 22.7 Å². The highest BCUT2D eigenvalue weighted by molar-refractivity contribution is 7.79. The third kappa shape index (κ3) is 3.28. The monoisotopic (exact) mass is 304 g/mol. The third-order valence-electron chi connectivity index (χ3n) is 2.21. The summed E-state index contributed by atoms with van der Waals surface area (Å²) in [5.41, 5.74) is 0. The fraction of sp³-hybridized carbons (Fsp3) is 0. The standard InChI is InChI=1S/C12H7ClF2O3S/c13-7-1-3-8(4-2-7)18-12-10(14)5-9(19(16)17)6-11(12)15/h1-6H,(H,16,17). The minimum absolute atomic E-state index is 0.195. The summed E-state index contributed by atoms with van der Waals surface area (Å²) in [6.45, 7) is 0. The maximum Gasteiger partial charge on any atom is 0.198 e. The Morgan fingerprint density at radius 3 is 2.11 bits per heavy atom. The van der Waals surface area contributed by atoms with Gasteiger partial charge in [-0.25, -0.2) is 13.0 Å². The number of hydrogen-bond donors (Lipinski definition) is 1. The van der Waals surface area contributed by atoms with Crippen molar-refractivity contribution in [2.45, 2.75) is 4.90 Å². The fourth-order valence-electron chi connectivity index (χ4n) is 1.36. The van der Waals surface area contributed by atoms with Gasteiger partial charge >= 0.3 is 0 Å². The van der Waals surface area contributed by atoms with Crippen LogP contribution < -0.4 is 4.74 Å². The highest BCUT2D eigenvalue weighted by atomic mass is 35.5. The van der Waals surface area contributed by atoms with Crippen LogP contribution in [0.25, 0.3) is 0 Å². The van der Waals surface area contributed by atoms with Gasteiger partial charge in [-0.05, 0) is 36.4 Å². The summed E-state index contributed by atoms with van der Waals surface area (Å²) in [4.78, 5) is -0.376. The Bertz CT molecular complexity index is 608. The van der Waals surface area contributed by atoms with Gasteiger partial charge in [0.1, 0.15) is 5.75 Å². The first-order valence-corrected chi connectivity index (χ1v) is 6.49. The quantitative estimate of drug-likeness (QED) is 0.872. The lowest BCUT2D eigenvalue weighted by Gasteiger charge is -2.08. The minimum Gasteiger partial charge on any atom is -0.451 e. The largest absolute Gasteiger partial charge is 0.451 e. The van der Waals surface area contributed by atoms with Crippen molar-refractivity contribution in [1.29, 1.82) is 0 Å². The first kappa shape index (κ1) is 13.9. The molecule has 0 saturated heterocycles. The third-order valence-corrected chi connectivity index (χ3v) is 3.10. The maximum atomic E-state index is 13.6. The van der Waals surface area contributed by atoms with Crippen molar-refractivity contribution in [3.63, 3.8) is 0 Å². The van der Waals surface area contributed by atoms with E-state index in [-0.39, 0.29) is 10.6 Å². The molecule has 1 unspecified atom stereocenters. The van der Waals surface area contributed by atoms with Gasteiger partial charge in [0.15, 0.2) is 28.5 Å². The van der Waals surface area contributed by atoms with Crippen LogP contribution in [0.1, 0.15) is 0 Å². The zero-order valence-corrected chi connectivity index (χ0v) is 10.8. The van der Waals surface area contributed by atoms with Crippen LogP contribution in [0.2, 0.25) is 5.02 Å². The van der Waals surface area contributed by atoms with Crippen molar-refractivity contribution in [1.82, 2.24) is 0 Å². The van der Waals surface area contributed by atoms with E-state index in [2.05, 4.69) is 0 Å². The van der Waals surface area contributed by atoms with Crippen LogP contribution in [0.5, 0.6) is 11.5 Å². The molecule has 0 bridgehead atoms. The van der Waals surface area contributed by atoms with Crippen molar-refractivity contribution in [2.75, 3.05) is 0 Å². The van der Waals surface area contributed by atoms with E-state index in [0.29, 0.717) is 5.02 Å². The summed E-state index contributed by atoms with van der Waals surface area (Å²) >= 11 is 3.21. The summed E-state index contributed by atoms with van der Waals surface area (Å²) in [5.74, 6) is -2.57. The molecule has 0 heterocycles. The number of halogens is 3. The second-order valence-electron chi connectivity index (χ2n) is 3.52. The van der Waals surface area contributed by atoms with Crippen LogP contribution in [0.4, 0.5) is 8.78 Å². The first-order valence-electron chi connectivity index (χ1n) is 5.00. The van der Waals surface area contributed by atoms with Gasteiger partial charge in [-0.3, -0.25) is 0 Å². The number of benzene rings is 2. The summed E-state index contributed by atoms with van der Waals surface area (Å²) in [5, 5.41) is 0.458. The van der Waals surface area contributed by atoms with Crippen molar-refractivity contribution in [2.24, 2.45) is 0 Å². The van der Waals surface area contributed by atoms with E-state index in [0.717, 1.165) is 12.1 Å². The first-order chi connectivity index (χ1) is 8.97. The molecular weight excluding hydrogens is 298 g/mol. The zero-order valence-electron chi connectivity index (χ0n) is 9.27. The van der Waals surface area contributed by atoms with E-state index < -0.39 is 28.5 Å².